The van der Waals surface area contributed by atoms with Crippen LogP contribution in [0.15, 0.2) is 24.3 Å². The van der Waals surface area contributed by atoms with Gasteiger partial charge in [-0.25, -0.2) is 0 Å². The molecule has 2 rings (SSSR count). The molecule has 1 aromatic carbocycles. The second kappa shape index (κ2) is 5.07. The minimum atomic E-state index is -0.353. The molecule has 0 bridgehead atoms. The lowest BCUT2D eigenvalue weighted by Gasteiger charge is -2.35. The molecular weight excluding hydrogens is 236 g/mol. The summed E-state index contributed by atoms with van der Waals surface area (Å²) in [4.78, 5) is 13.8. The van der Waals surface area contributed by atoms with E-state index in [1.54, 1.807) is 0 Å². The summed E-state index contributed by atoms with van der Waals surface area (Å²) in [5.41, 5.74) is 6.78. The van der Waals surface area contributed by atoms with Crippen LogP contribution >= 0.6 is 11.6 Å². The van der Waals surface area contributed by atoms with Crippen LogP contribution in [-0.4, -0.2) is 23.4 Å². The number of rotatable bonds is 2. The molecule has 0 saturated carbocycles. The van der Waals surface area contributed by atoms with Crippen molar-refractivity contribution in [3.8, 4) is 0 Å². The summed E-state index contributed by atoms with van der Waals surface area (Å²) in [7, 11) is 0. The van der Waals surface area contributed by atoms with Crippen molar-refractivity contribution < 1.29 is 4.79 Å². The van der Waals surface area contributed by atoms with Crippen molar-refractivity contribution in [2.75, 3.05) is 6.54 Å². The van der Waals surface area contributed by atoms with Gasteiger partial charge in [-0.1, -0.05) is 29.8 Å². The highest BCUT2D eigenvalue weighted by molar-refractivity contribution is 6.31. The predicted molar refractivity (Wildman–Crippen MR) is 68.8 cm³/mol. The standard InChI is InChI=1S/C13H17ClN2O/c1-9(10-5-2-3-6-11(10)14)16-8-4-7-12(15)13(16)17/h2-3,5-6,9,12H,4,7-8,15H2,1H3. The number of benzene rings is 1. The monoisotopic (exact) mass is 252 g/mol. The normalized spacial score (nSPS) is 22.6. The Morgan fingerprint density at radius 3 is 2.88 bits per heavy atom. The number of hydrogen-bond acceptors (Lipinski definition) is 2. The molecule has 1 aliphatic rings. The van der Waals surface area contributed by atoms with Crippen LogP contribution in [0.3, 0.4) is 0 Å². The SMILES string of the molecule is CC(c1ccccc1Cl)N1CCCC(N)C1=O. The van der Waals surface area contributed by atoms with Crippen LogP contribution in [0.4, 0.5) is 0 Å². The van der Waals surface area contributed by atoms with Gasteiger partial charge < -0.3 is 10.6 Å². The Labute approximate surface area is 107 Å². The third-order valence-electron chi connectivity index (χ3n) is 3.34. The maximum atomic E-state index is 12.0. The van der Waals surface area contributed by atoms with Crippen LogP contribution < -0.4 is 5.73 Å². The molecule has 0 aliphatic carbocycles. The molecule has 0 spiro atoms. The van der Waals surface area contributed by atoms with Gasteiger partial charge in [-0.3, -0.25) is 4.79 Å². The minimum absolute atomic E-state index is 0.0115. The molecule has 3 nitrogen and oxygen atoms in total. The Hall–Kier alpha value is -1.06. The molecule has 2 unspecified atom stereocenters. The molecule has 17 heavy (non-hydrogen) atoms. The number of amides is 1. The van der Waals surface area contributed by atoms with Gasteiger partial charge in [0.05, 0.1) is 12.1 Å². The molecule has 0 radical (unpaired) electrons. The van der Waals surface area contributed by atoms with E-state index < -0.39 is 0 Å². The molecule has 1 amide bonds. The number of carbonyl (C=O) groups excluding carboxylic acids is 1. The summed E-state index contributed by atoms with van der Waals surface area (Å²) >= 11 is 6.15. The second-order valence-corrected chi connectivity index (χ2v) is 4.89. The Morgan fingerprint density at radius 1 is 1.47 bits per heavy atom. The number of likely N-dealkylation sites (tertiary alicyclic amines) is 1. The van der Waals surface area contributed by atoms with Gasteiger partial charge in [0.15, 0.2) is 0 Å². The highest BCUT2D eigenvalue weighted by atomic mass is 35.5. The molecule has 1 aliphatic heterocycles. The largest absolute Gasteiger partial charge is 0.335 e. The minimum Gasteiger partial charge on any atom is -0.335 e. The lowest BCUT2D eigenvalue weighted by Crippen LogP contribution is -2.49. The average Bonchev–Trinajstić information content (AvgIpc) is 2.32. The van der Waals surface area contributed by atoms with E-state index in [0.717, 1.165) is 24.9 Å². The molecule has 2 atom stereocenters. The molecule has 1 saturated heterocycles. The summed E-state index contributed by atoms with van der Waals surface area (Å²) in [5, 5.41) is 0.701. The number of carbonyl (C=O) groups is 1. The Morgan fingerprint density at radius 2 is 2.18 bits per heavy atom. The Bertz CT molecular complexity index is 422. The first-order chi connectivity index (χ1) is 8.11. The fourth-order valence-electron chi connectivity index (χ4n) is 2.29. The smallest absolute Gasteiger partial charge is 0.239 e. The van der Waals surface area contributed by atoms with E-state index in [0.29, 0.717) is 5.02 Å². The van der Waals surface area contributed by atoms with E-state index in [2.05, 4.69) is 0 Å². The zero-order chi connectivity index (χ0) is 12.4. The fourth-order valence-corrected chi connectivity index (χ4v) is 2.59. The highest BCUT2D eigenvalue weighted by Crippen LogP contribution is 2.29. The van der Waals surface area contributed by atoms with Gasteiger partial charge in [-0.2, -0.15) is 0 Å². The van der Waals surface area contributed by atoms with E-state index in [1.165, 1.54) is 0 Å². The number of nitrogens with two attached hydrogens (primary N) is 1. The number of halogens is 1. The van der Waals surface area contributed by atoms with E-state index in [4.69, 9.17) is 17.3 Å². The van der Waals surface area contributed by atoms with Crippen molar-refractivity contribution in [3.63, 3.8) is 0 Å². The van der Waals surface area contributed by atoms with Crippen molar-refractivity contribution in [1.82, 2.24) is 4.90 Å². The van der Waals surface area contributed by atoms with Gasteiger partial charge in [0.25, 0.3) is 0 Å². The van der Waals surface area contributed by atoms with Crippen LogP contribution in [0.2, 0.25) is 5.02 Å². The van der Waals surface area contributed by atoms with Gasteiger partial charge in [0.1, 0.15) is 0 Å². The topological polar surface area (TPSA) is 46.3 Å². The lowest BCUT2D eigenvalue weighted by molar-refractivity contribution is -0.137. The van der Waals surface area contributed by atoms with E-state index in [1.807, 2.05) is 36.1 Å². The lowest BCUT2D eigenvalue weighted by atomic mass is 10.0. The third-order valence-corrected chi connectivity index (χ3v) is 3.68. The van der Waals surface area contributed by atoms with Crippen molar-refractivity contribution in [3.05, 3.63) is 34.9 Å². The van der Waals surface area contributed by atoms with Gasteiger partial charge >= 0.3 is 0 Å². The first kappa shape index (κ1) is 12.4. The number of nitrogens with zero attached hydrogens (tertiary/aromatic N) is 1. The quantitative estimate of drug-likeness (QED) is 0.878. The molecule has 1 aromatic rings. The van der Waals surface area contributed by atoms with Crippen molar-refractivity contribution in [1.29, 1.82) is 0 Å². The molecule has 2 N–H and O–H groups in total. The van der Waals surface area contributed by atoms with Gasteiger partial charge in [-0.15, -0.1) is 0 Å². The van der Waals surface area contributed by atoms with Crippen molar-refractivity contribution in [2.24, 2.45) is 5.73 Å². The number of piperidine rings is 1. The maximum absolute atomic E-state index is 12.0. The maximum Gasteiger partial charge on any atom is 0.239 e. The Kier molecular flexibility index (Phi) is 3.69. The van der Waals surface area contributed by atoms with Crippen LogP contribution in [-0.2, 0) is 4.79 Å². The summed E-state index contributed by atoms with van der Waals surface area (Å²) in [6.07, 6.45) is 1.74. The van der Waals surface area contributed by atoms with Crippen molar-refractivity contribution >= 4 is 17.5 Å². The van der Waals surface area contributed by atoms with E-state index in [-0.39, 0.29) is 18.0 Å². The zero-order valence-corrected chi connectivity index (χ0v) is 10.7. The third kappa shape index (κ3) is 2.45. The van der Waals surface area contributed by atoms with E-state index in [9.17, 15) is 4.79 Å². The van der Waals surface area contributed by atoms with Crippen LogP contribution in [0.5, 0.6) is 0 Å². The molecule has 1 heterocycles. The molecule has 92 valence electrons. The van der Waals surface area contributed by atoms with Gasteiger partial charge in [-0.05, 0) is 31.4 Å². The fraction of sp³-hybridized carbons (Fsp3) is 0.462. The highest BCUT2D eigenvalue weighted by Gasteiger charge is 2.30. The predicted octanol–water partition coefficient (Wildman–Crippen LogP) is 2.35. The van der Waals surface area contributed by atoms with E-state index >= 15 is 0 Å². The number of hydrogen-bond donors (Lipinski definition) is 1. The first-order valence-corrected chi connectivity index (χ1v) is 6.29. The first-order valence-electron chi connectivity index (χ1n) is 5.91. The molecule has 0 aromatic heterocycles. The van der Waals surface area contributed by atoms with Crippen LogP contribution in [0.1, 0.15) is 31.4 Å². The molecular formula is C13H17ClN2O. The second-order valence-electron chi connectivity index (χ2n) is 4.48. The summed E-state index contributed by atoms with van der Waals surface area (Å²) in [6.45, 7) is 2.76. The van der Waals surface area contributed by atoms with Crippen LogP contribution in [0.25, 0.3) is 0 Å². The average molecular weight is 253 g/mol. The summed E-state index contributed by atoms with van der Waals surface area (Å²) < 4.78 is 0. The molecule has 1 fully saturated rings. The molecule has 4 heteroatoms. The summed E-state index contributed by atoms with van der Waals surface area (Å²) in [6, 6.07) is 7.27. The van der Waals surface area contributed by atoms with Gasteiger partial charge in [0.2, 0.25) is 5.91 Å². The van der Waals surface area contributed by atoms with Gasteiger partial charge in [0, 0.05) is 11.6 Å². The summed E-state index contributed by atoms with van der Waals surface area (Å²) in [5.74, 6) is 0.0312. The van der Waals surface area contributed by atoms with Crippen LogP contribution in [0, 0.1) is 0 Å². The Balaban J connectivity index is 2.22. The van der Waals surface area contributed by atoms with Crippen molar-refractivity contribution in [2.45, 2.75) is 31.8 Å². The zero-order valence-electron chi connectivity index (χ0n) is 9.90.